The minimum Gasteiger partial charge on any atom is -0.368 e. The molecule has 1 aromatic heterocycles. The normalized spacial score (nSPS) is 14.9. The summed E-state index contributed by atoms with van der Waals surface area (Å²) in [5, 5.41) is 4.86. The van der Waals surface area contributed by atoms with Gasteiger partial charge in [0, 0.05) is 54.2 Å². The Balaban J connectivity index is 1.37. The summed E-state index contributed by atoms with van der Waals surface area (Å²) in [6, 6.07) is 13.9. The first-order valence-corrected chi connectivity index (χ1v) is 10.3. The van der Waals surface area contributed by atoms with Crippen LogP contribution in [0.3, 0.4) is 0 Å². The van der Waals surface area contributed by atoms with E-state index >= 15 is 0 Å². The van der Waals surface area contributed by atoms with E-state index in [1.165, 1.54) is 11.3 Å². The molecule has 0 atom stereocenters. The SMILES string of the molecule is Cc1cccc(NC(=O)CN2CCN(c3ccnc4cc(Cl)ccc34)CC2)c1C. The molecule has 0 saturated carbocycles. The van der Waals surface area contributed by atoms with Crippen molar-refractivity contribution < 1.29 is 4.79 Å². The second-order valence-electron chi connectivity index (χ2n) is 7.55. The molecule has 0 spiro atoms. The molecular formula is C23H25ClN4O. The smallest absolute Gasteiger partial charge is 0.238 e. The van der Waals surface area contributed by atoms with Gasteiger partial charge in [-0.15, -0.1) is 0 Å². The highest BCUT2D eigenvalue weighted by Gasteiger charge is 2.21. The average molecular weight is 409 g/mol. The first kappa shape index (κ1) is 19.7. The van der Waals surface area contributed by atoms with Gasteiger partial charge in [-0.3, -0.25) is 14.7 Å². The van der Waals surface area contributed by atoms with Gasteiger partial charge in [0.25, 0.3) is 0 Å². The van der Waals surface area contributed by atoms with Gasteiger partial charge < -0.3 is 10.2 Å². The van der Waals surface area contributed by atoms with E-state index in [1.807, 2.05) is 43.5 Å². The molecule has 0 unspecified atom stereocenters. The third-order valence-electron chi connectivity index (χ3n) is 5.64. The predicted octanol–water partition coefficient (Wildman–Crippen LogP) is 4.27. The zero-order valence-electron chi connectivity index (χ0n) is 16.8. The number of carbonyl (C=O) groups is 1. The van der Waals surface area contributed by atoms with Crippen molar-refractivity contribution in [2.75, 3.05) is 42.9 Å². The van der Waals surface area contributed by atoms with E-state index in [-0.39, 0.29) is 5.91 Å². The Hall–Kier alpha value is -2.63. The summed E-state index contributed by atoms with van der Waals surface area (Å²) in [7, 11) is 0. The van der Waals surface area contributed by atoms with E-state index in [9.17, 15) is 4.79 Å². The maximum atomic E-state index is 12.5. The molecule has 1 saturated heterocycles. The van der Waals surface area contributed by atoms with E-state index < -0.39 is 0 Å². The van der Waals surface area contributed by atoms with Crippen molar-refractivity contribution in [3.05, 3.63) is 64.8 Å². The number of benzene rings is 2. The standard InChI is InChI=1S/C23H25ClN4O/c1-16-4-3-5-20(17(16)2)26-23(29)15-27-10-12-28(13-11-27)22-8-9-25-21-14-18(24)6-7-19(21)22/h3-9,14H,10-13,15H2,1-2H3,(H,26,29). The first-order chi connectivity index (χ1) is 14.0. The van der Waals surface area contributed by atoms with Gasteiger partial charge in [-0.1, -0.05) is 23.7 Å². The molecule has 2 heterocycles. The van der Waals surface area contributed by atoms with E-state index in [4.69, 9.17) is 11.6 Å². The average Bonchev–Trinajstić information content (AvgIpc) is 2.71. The van der Waals surface area contributed by atoms with Crippen LogP contribution in [0.15, 0.2) is 48.7 Å². The summed E-state index contributed by atoms with van der Waals surface area (Å²) in [6.45, 7) is 7.94. The zero-order chi connectivity index (χ0) is 20.4. The van der Waals surface area contributed by atoms with Crippen LogP contribution in [0.2, 0.25) is 5.02 Å². The molecule has 1 N–H and O–H groups in total. The fourth-order valence-corrected chi connectivity index (χ4v) is 3.97. The van der Waals surface area contributed by atoms with Gasteiger partial charge in [0.05, 0.1) is 12.1 Å². The lowest BCUT2D eigenvalue weighted by molar-refractivity contribution is -0.117. The molecule has 0 bridgehead atoms. The molecule has 0 aliphatic carbocycles. The number of amides is 1. The number of fused-ring (bicyclic) bond motifs is 1. The van der Waals surface area contributed by atoms with Crippen molar-refractivity contribution in [3.63, 3.8) is 0 Å². The number of aryl methyl sites for hydroxylation is 1. The fourth-order valence-electron chi connectivity index (χ4n) is 3.81. The van der Waals surface area contributed by atoms with Crippen LogP contribution in [0.1, 0.15) is 11.1 Å². The highest BCUT2D eigenvalue weighted by Crippen LogP contribution is 2.28. The fraction of sp³-hybridized carbons (Fsp3) is 0.304. The molecular weight excluding hydrogens is 384 g/mol. The Bertz CT molecular complexity index is 1040. The number of carbonyl (C=O) groups excluding carboxylic acids is 1. The Morgan fingerprint density at radius 3 is 2.69 bits per heavy atom. The Morgan fingerprint density at radius 1 is 1.10 bits per heavy atom. The van der Waals surface area contributed by atoms with Crippen LogP contribution in [0, 0.1) is 13.8 Å². The number of nitrogens with zero attached hydrogens (tertiary/aromatic N) is 3. The molecule has 3 aromatic rings. The molecule has 150 valence electrons. The Labute approximate surface area is 176 Å². The van der Waals surface area contributed by atoms with E-state index in [1.54, 1.807) is 0 Å². The van der Waals surface area contributed by atoms with Gasteiger partial charge >= 0.3 is 0 Å². The summed E-state index contributed by atoms with van der Waals surface area (Å²) in [5.74, 6) is 0.0381. The minimum absolute atomic E-state index is 0.0381. The van der Waals surface area contributed by atoms with Gasteiger partial charge in [-0.25, -0.2) is 0 Å². The molecule has 1 aliphatic rings. The molecule has 1 amide bonds. The van der Waals surface area contributed by atoms with Crippen molar-refractivity contribution in [2.24, 2.45) is 0 Å². The van der Waals surface area contributed by atoms with Crippen molar-refractivity contribution in [1.82, 2.24) is 9.88 Å². The van der Waals surface area contributed by atoms with Crippen LogP contribution in [0.25, 0.3) is 10.9 Å². The number of piperazine rings is 1. The van der Waals surface area contributed by atoms with Crippen molar-refractivity contribution in [3.8, 4) is 0 Å². The van der Waals surface area contributed by atoms with E-state index in [0.29, 0.717) is 11.6 Å². The van der Waals surface area contributed by atoms with Crippen molar-refractivity contribution in [1.29, 1.82) is 0 Å². The number of anilines is 2. The van der Waals surface area contributed by atoms with Crippen molar-refractivity contribution in [2.45, 2.75) is 13.8 Å². The van der Waals surface area contributed by atoms with E-state index in [2.05, 4.69) is 39.2 Å². The summed E-state index contributed by atoms with van der Waals surface area (Å²) >= 11 is 6.10. The summed E-state index contributed by atoms with van der Waals surface area (Å²) in [4.78, 5) is 21.5. The van der Waals surface area contributed by atoms with Crippen LogP contribution in [0.4, 0.5) is 11.4 Å². The quantitative estimate of drug-likeness (QED) is 0.700. The number of pyridine rings is 1. The highest BCUT2D eigenvalue weighted by molar-refractivity contribution is 6.31. The van der Waals surface area contributed by atoms with Crippen LogP contribution in [0.5, 0.6) is 0 Å². The number of nitrogens with one attached hydrogen (secondary N) is 1. The number of hydrogen-bond acceptors (Lipinski definition) is 4. The van der Waals surface area contributed by atoms with Crippen LogP contribution in [-0.2, 0) is 4.79 Å². The second-order valence-corrected chi connectivity index (χ2v) is 7.99. The van der Waals surface area contributed by atoms with Crippen LogP contribution in [-0.4, -0.2) is 48.5 Å². The Kier molecular flexibility index (Phi) is 5.69. The summed E-state index contributed by atoms with van der Waals surface area (Å²) < 4.78 is 0. The third-order valence-corrected chi connectivity index (χ3v) is 5.88. The number of hydrogen-bond donors (Lipinski definition) is 1. The van der Waals surface area contributed by atoms with Crippen molar-refractivity contribution >= 4 is 39.8 Å². The van der Waals surface area contributed by atoms with Crippen LogP contribution >= 0.6 is 11.6 Å². The molecule has 29 heavy (non-hydrogen) atoms. The largest absolute Gasteiger partial charge is 0.368 e. The third kappa shape index (κ3) is 4.36. The second kappa shape index (κ2) is 8.39. The Morgan fingerprint density at radius 2 is 1.90 bits per heavy atom. The lowest BCUT2D eigenvalue weighted by atomic mass is 10.1. The monoisotopic (exact) mass is 408 g/mol. The maximum absolute atomic E-state index is 12.5. The summed E-state index contributed by atoms with van der Waals surface area (Å²) in [5.41, 5.74) is 5.28. The molecule has 0 radical (unpaired) electrons. The first-order valence-electron chi connectivity index (χ1n) is 9.89. The number of aromatic nitrogens is 1. The van der Waals surface area contributed by atoms with Gasteiger partial charge in [0.15, 0.2) is 0 Å². The number of rotatable bonds is 4. The van der Waals surface area contributed by atoms with Gasteiger partial charge in [-0.05, 0) is 55.3 Å². The maximum Gasteiger partial charge on any atom is 0.238 e. The molecule has 1 aliphatic heterocycles. The van der Waals surface area contributed by atoms with E-state index in [0.717, 1.165) is 48.3 Å². The molecule has 1 fully saturated rings. The predicted molar refractivity (Wildman–Crippen MR) is 120 cm³/mol. The topological polar surface area (TPSA) is 48.5 Å². The minimum atomic E-state index is 0.0381. The van der Waals surface area contributed by atoms with Gasteiger partial charge in [0.2, 0.25) is 5.91 Å². The molecule has 5 nitrogen and oxygen atoms in total. The molecule has 2 aromatic carbocycles. The molecule has 4 rings (SSSR count). The lowest BCUT2D eigenvalue weighted by Gasteiger charge is -2.36. The zero-order valence-corrected chi connectivity index (χ0v) is 17.5. The lowest BCUT2D eigenvalue weighted by Crippen LogP contribution is -2.48. The van der Waals surface area contributed by atoms with Gasteiger partial charge in [-0.2, -0.15) is 0 Å². The highest BCUT2D eigenvalue weighted by atomic mass is 35.5. The number of halogens is 1. The summed E-state index contributed by atoms with van der Waals surface area (Å²) in [6.07, 6.45) is 1.83. The molecule has 6 heteroatoms. The van der Waals surface area contributed by atoms with Crippen LogP contribution < -0.4 is 10.2 Å². The van der Waals surface area contributed by atoms with Gasteiger partial charge in [0.1, 0.15) is 0 Å².